The Balaban J connectivity index is 2.16. The lowest BCUT2D eigenvalue weighted by Gasteiger charge is -2.33. The molecular weight excluding hydrogens is 314 g/mol. The SMILES string of the molecule is CC(C)[P+]1(C(C)C)c2ccc3c4c(ccc(c24)[P@]1Cl)CC3. The topological polar surface area (TPSA) is 0 Å². The van der Waals surface area contributed by atoms with E-state index in [-0.39, 0.29) is 0 Å². The molecule has 0 fully saturated rings. The molecule has 1 aliphatic carbocycles. The molecule has 0 N–H and O–H groups in total. The van der Waals surface area contributed by atoms with Crippen molar-refractivity contribution in [1.29, 1.82) is 0 Å². The third-order valence-corrected chi connectivity index (χ3v) is 19.7. The zero-order valence-electron chi connectivity index (χ0n) is 13.2. The fraction of sp³-hybridized carbons (Fsp3) is 0.444. The number of rotatable bonds is 2. The Hall–Kier alpha value is -0.150. The molecule has 2 aromatic carbocycles. The molecule has 0 amide bonds. The molecule has 0 radical (unpaired) electrons. The van der Waals surface area contributed by atoms with Crippen molar-refractivity contribution in [3.63, 3.8) is 0 Å². The summed E-state index contributed by atoms with van der Waals surface area (Å²) in [6.45, 7) is 7.73. The van der Waals surface area contributed by atoms with Crippen LogP contribution in [-0.2, 0) is 12.8 Å². The Bertz CT molecular complexity index is 730. The summed E-state index contributed by atoms with van der Waals surface area (Å²) < 4.78 is 0. The first kappa shape index (κ1) is 14.4. The predicted molar refractivity (Wildman–Crippen MR) is 101 cm³/mol. The maximum Gasteiger partial charge on any atom is 0.188 e. The normalized spacial score (nSPS) is 22.0. The van der Waals surface area contributed by atoms with Crippen molar-refractivity contribution in [3.8, 4) is 0 Å². The Morgan fingerprint density at radius 2 is 1.48 bits per heavy atom. The van der Waals surface area contributed by atoms with Crippen LogP contribution in [-0.4, -0.2) is 11.3 Å². The fourth-order valence-corrected chi connectivity index (χ4v) is 19.2. The fourth-order valence-electron chi connectivity index (χ4n) is 4.58. The van der Waals surface area contributed by atoms with Crippen molar-refractivity contribution in [2.24, 2.45) is 0 Å². The van der Waals surface area contributed by atoms with Gasteiger partial charge in [0.2, 0.25) is 0 Å². The summed E-state index contributed by atoms with van der Waals surface area (Å²) in [6.07, 6.45) is 2.43. The summed E-state index contributed by atoms with van der Waals surface area (Å²) in [7, 11) is 0. The van der Waals surface area contributed by atoms with Crippen LogP contribution >= 0.6 is 25.2 Å². The van der Waals surface area contributed by atoms with Crippen molar-refractivity contribution in [3.05, 3.63) is 35.4 Å². The van der Waals surface area contributed by atoms with Gasteiger partial charge in [-0.25, -0.2) is 0 Å². The number of hydrogen-bond donors (Lipinski definition) is 0. The Kier molecular flexibility index (Phi) is 3.21. The van der Waals surface area contributed by atoms with Gasteiger partial charge in [-0.2, -0.15) is 0 Å². The van der Waals surface area contributed by atoms with Crippen LogP contribution in [0.25, 0.3) is 10.8 Å². The van der Waals surface area contributed by atoms with Gasteiger partial charge in [-0.3, -0.25) is 0 Å². The minimum atomic E-state index is -1.32. The third kappa shape index (κ3) is 1.60. The zero-order chi connectivity index (χ0) is 14.9. The second-order valence-corrected chi connectivity index (χ2v) is 16.9. The van der Waals surface area contributed by atoms with Gasteiger partial charge in [0.1, 0.15) is 5.30 Å². The van der Waals surface area contributed by atoms with Crippen molar-refractivity contribution in [1.82, 2.24) is 0 Å². The molecule has 0 saturated carbocycles. The van der Waals surface area contributed by atoms with Gasteiger partial charge >= 0.3 is 0 Å². The van der Waals surface area contributed by atoms with E-state index >= 15 is 0 Å². The first-order valence-corrected chi connectivity index (χ1v) is 12.8. The summed E-state index contributed by atoms with van der Waals surface area (Å²) >= 11 is 7.20. The maximum absolute atomic E-state index is 7.20. The van der Waals surface area contributed by atoms with Crippen molar-refractivity contribution in [2.45, 2.75) is 51.9 Å². The predicted octanol–water partition coefficient (Wildman–Crippen LogP) is 5.59. The number of hydrogen-bond acceptors (Lipinski definition) is 0. The monoisotopic (exact) mass is 335 g/mol. The highest BCUT2D eigenvalue weighted by Gasteiger charge is 2.60. The minimum absolute atomic E-state index is 0.551. The van der Waals surface area contributed by atoms with Gasteiger partial charge in [0, 0.05) is 10.7 Å². The Morgan fingerprint density at radius 3 is 2.05 bits per heavy atom. The molecule has 110 valence electrons. The molecule has 0 unspecified atom stereocenters. The number of aryl methyl sites for hydroxylation is 2. The van der Waals surface area contributed by atoms with Gasteiger partial charge in [0.25, 0.3) is 0 Å². The van der Waals surface area contributed by atoms with Crippen molar-refractivity contribution in [2.75, 3.05) is 0 Å². The first-order chi connectivity index (χ1) is 9.99. The minimum Gasteiger partial charge on any atom is -0.0576 e. The lowest BCUT2D eigenvalue weighted by atomic mass is 10.1. The van der Waals surface area contributed by atoms with Crippen LogP contribution in [0, 0.1) is 0 Å². The Labute approximate surface area is 134 Å². The van der Waals surface area contributed by atoms with E-state index in [1.807, 2.05) is 0 Å². The van der Waals surface area contributed by atoms with Crippen LogP contribution < -0.4 is 10.6 Å². The molecule has 4 rings (SSSR count). The second kappa shape index (κ2) is 4.67. The van der Waals surface area contributed by atoms with Gasteiger partial charge in [-0.05, 0) is 80.4 Å². The summed E-state index contributed by atoms with van der Waals surface area (Å²) in [5.41, 5.74) is 4.45. The molecule has 2 aliphatic rings. The van der Waals surface area contributed by atoms with E-state index in [4.69, 9.17) is 11.2 Å². The van der Waals surface area contributed by atoms with E-state index in [1.54, 1.807) is 27.2 Å². The molecule has 0 spiro atoms. The third-order valence-electron chi connectivity index (χ3n) is 5.40. The Morgan fingerprint density at radius 1 is 0.905 bits per heavy atom. The van der Waals surface area contributed by atoms with Crippen LogP contribution in [0.2, 0.25) is 0 Å². The number of halogens is 1. The van der Waals surface area contributed by atoms with Crippen molar-refractivity contribution < 1.29 is 0 Å². The highest BCUT2D eigenvalue weighted by molar-refractivity contribution is 8.54. The van der Waals surface area contributed by atoms with Gasteiger partial charge in [0.05, 0.1) is 18.3 Å². The molecule has 1 aliphatic heterocycles. The summed E-state index contributed by atoms with van der Waals surface area (Å²) in [5, 5.41) is 6.27. The molecule has 3 heteroatoms. The standard InChI is InChI=1S/C18H22ClP2/c1-11(2)21(12(3)4)16-10-8-14-6-5-13-7-9-15(20(21)19)18(16)17(13)14/h7-12H,5-6H2,1-4H3/q+1/t20-/m1/s1. The molecule has 0 bridgehead atoms. The first-order valence-electron chi connectivity index (χ1n) is 7.92. The average Bonchev–Trinajstić information content (AvgIpc) is 2.95. The van der Waals surface area contributed by atoms with Crippen LogP contribution in [0.5, 0.6) is 0 Å². The smallest absolute Gasteiger partial charge is 0.0576 e. The van der Waals surface area contributed by atoms with Gasteiger partial charge in [0.15, 0.2) is 6.96 Å². The molecule has 1 atom stereocenters. The molecule has 0 nitrogen and oxygen atoms in total. The van der Waals surface area contributed by atoms with Gasteiger partial charge < -0.3 is 0 Å². The van der Waals surface area contributed by atoms with Crippen molar-refractivity contribution >= 4 is 46.5 Å². The molecule has 1 heterocycles. The molecule has 21 heavy (non-hydrogen) atoms. The molecule has 2 aromatic rings. The van der Waals surface area contributed by atoms with E-state index in [1.165, 1.54) is 18.1 Å². The average molecular weight is 336 g/mol. The highest BCUT2D eigenvalue weighted by atomic mass is 35.7. The highest BCUT2D eigenvalue weighted by Crippen LogP contribution is 2.92. The van der Waals surface area contributed by atoms with E-state index < -0.39 is 13.9 Å². The van der Waals surface area contributed by atoms with E-state index in [0.29, 0.717) is 11.3 Å². The van der Waals surface area contributed by atoms with Crippen LogP contribution in [0.4, 0.5) is 0 Å². The number of benzene rings is 2. The van der Waals surface area contributed by atoms with E-state index in [2.05, 4.69) is 52.0 Å². The van der Waals surface area contributed by atoms with Crippen LogP contribution in [0.3, 0.4) is 0 Å². The van der Waals surface area contributed by atoms with Gasteiger partial charge in [-0.15, -0.1) is 0 Å². The maximum atomic E-state index is 7.20. The molecule has 0 aromatic heterocycles. The molecular formula is C18H22ClP2+. The summed E-state index contributed by atoms with van der Waals surface area (Å²) in [4.78, 5) is 0. The summed E-state index contributed by atoms with van der Waals surface area (Å²) in [5.74, 6) is 0. The largest absolute Gasteiger partial charge is 0.188 e. The lowest BCUT2D eigenvalue weighted by molar-refractivity contribution is 1.01. The molecule has 0 saturated heterocycles. The van der Waals surface area contributed by atoms with Crippen LogP contribution in [0.1, 0.15) is 38.8 Å². The van der Waals surface area contributed by atoms with Crippen LogP contribution in [0.15, 0.2) is 24.3 Å². The van der Waals surface area contributed by atoms with Gasteiger partial charge in [-0.1, -0.05) is 12.1 Å². The van der Waals surface area contributed by atoms with E-state index in [0.717, 1.165) is 0 Å². The summed E-state index contributed by atoms with van der Waals surface area (Å²) in [6, 6.07) is 9.58. The van der Waals surface area contributed by atoms with E-state index in [9.17, 15) is 0 Å². The zero-order valence-corrected chi connectivity index (χ0v) is 15.7. The lowest BCUT2D eigenvalue weighted by Crippen LogP contribution is -2.21. The quantitative estimate of drug-likeness (QED) is 0.628. The second-order valence-electron chi connectivity index (χ2n) is 6.92.